The van der Waals surface area contributed by atoms with Crippen molar-refractivity contribution < 1.29 is 0 Å². The van der Waals surface area contributed by atoms with Crippen molar-refractivity contribution in [3.8, 4) is 11.3 Å². The maximum absolute atomic E-state index is 5.80. The van der Waals surface area contributed by atoms with Crippen LogP contribution in [-0.4, -0.2) is 29.5 Å². The molecule has 8 heteroatoms. The van der Waals surface area contributed by atoms with Crippen molar-refractivity contribution in [3.63, 3.8) is 0 Å². The van der Waals surface area contributed by atoms with Gasteiger partial charge in [0.1, 0.15) is 10.2 Å². The second-order valence-electron chi connectivity index (χ2n) is 5.58. The van der Waals surface area contributed by atoms with Crippen LogP contribution in [0.5, 0.6) is 0 Å². The molecule has 0 saturated heterocycles. The van der Waals surface area contributed by atoms with Crippen LogP contribution in [0, 0.1) is 0 Å². The molecule has 2 N–H and O–H groups in total. The highest BCUT2D eigenvalue weighted by molar-refractivity contribution is 14.0. The summed E-state index contributed by atoms with van der Waals surface area (Å²) in [7, 11) is 1.76. The lowest BCUT2D eigenvalue weighted by atomic mass is 10.2. The van der Waals surface area contributed by atoms with E-state index in [1.165, 1.54) is 0 Å². The van der Waals surface area contributed by atoms with Gasteiger partial charge in [-0.1, -0.05) is 48.0 Å². The molecule has 2 heterocycles. The minimum atomic E-state index is 0. The number of guanidine groups is 1. The monoisotopic (exact) mass is 513 g/mol. The van der Waals surface area contributed by atoms with Crippen LogP contribution in [0.3, 0.4) is 0 Å². The zero-order valence-electron chi connectivity index (χ0n) is 14.9. The third kappa shape index (κ3) is 6.75. The molecule has 0 spiro atoms. The summed E-state index contributed by atoms with van der Waals surface area (Å²) < 4.78 is 0. The van der Waals surface area contributed by atoms with E-state index in [9.17, 15) is 0 Å². The number of rotatable bonds is 6. The normalized spacial score (nSPS) is 11.0. The fraction of sp³-hybridized carbons (Fsp3) is 0.211. The molecular weight excluding hydrogens is 493 g/mol. The minimum absolute atomic E-state index is 0. The molecule has 5 nitrogen and oxygen atoms in total. The van der Waals surface area contributed by atoms with Gasteiger partial charge in [-0.15, -0.1) is 35.3 Å². The lowest BCUT2D eigenvalue weighted by Crippen LogP contribution is -2.37. The summed E-state index contributed by atoms with van der Waals surface area (Å²) in [6.07, 6.45) is 2.64. The third-order valence-electron chi connectivity index (χ3n) is 3.75. The summed E-state index contributed by atoms with van der Waals surface area (Å²) in [5.74, 6) is 0.753. The molecular formula is C19H21ClIN5S. The van der Waals surface area contributed by atoms with Crippen molar-refractivity contribution in [2.45, 2.75) is 13.0 Å². The van der Waals surface area contributed by atoms with Crippen LogP contribution in [0.4, 0.5) is 0 Å². The first-order valence-corrected chi connectivity index (χ1v) is 9.55. The van der Waals surface area contributed by atoms with Gasteiger partial charge in [0.15, 0.2) is 5.96 Å². The van der Waals surface area contributed by atoms with Crippen LogP contribution in [-0.2, 0) is 13.0 Å². The highest BCUT2D eigenvalue weighted by atomic mass is 127. The second-order valence-corrected chi connectivity index (χ2v) is 6.91. The van der Waals surface area contributed by atoms with E-state index in [0.29, 0.717) is 11.7 Å². The average Bonchev–Trinajstić information content (AvgIpc) is 3.16. The van der Waals surface area contributed by atoms with Gasteiger partial charge in [-0.05, 0) is 18.1 Å². The lowest BCUT2D eigenvalue weighted by molar-refractivity contribution is 0.790. The Hall–Kier alpha value is -1.71. The first-order chi connectivity index (χ1) is 12.7. The number of nitrogens with zero attached hydrogens (tertiary/aromatic N) is 3. The number of hydrogen-bond donors (Lipinski definition) is 2. The maximum atomic E-state index is 5.80. The van der Waals surface area contributed by atoms with E-state index >= 15 is 0 Å². The number of aliphatic imine (C=N–C) groups is 1. The molecule has 0 aliphatic rings. The summed E-state index contributed by atoms with van der Waals surface area (Å²) >= 11 is 7.44. The summed E-state index contributed by atoms with van der Waals surface area (Å²) in [6.45, 7) is 1.40. The molecule has 0 bridgehead atoms. The Labute approximate surface area is 185 Å². The molecule has 142 valence electrons. The largest absolute Gasteiger partial charge is 0.356 e. The van der Waals surface area contributed by atoms with Crippen LogP contribution in [0.1, 0.15) is 10.6 Å². The van der Waals surface area contributed by atoms with Crippen molar-refractivity contribution >= 4 is 52.9 Å². The molecule has 0 unspecified atom stereocenters. The van der Waals surface area contributed by atoms with E-state index in [-0.39, 0.29) is 24.0 Å². The maximum Gasteiger partial charge on any atom is 0.191 e. The quantitative estimate of drug-likeness (QED) is 0.222. The Morgan fingerprint density at radius 1 is 1.15 bits per heavy atom. The first kappa shape index (κ1) is 21.6. The zero-order chi connectivity index (χ0) is 18.2. The summed E-state index contributed by atoms with van der Waals surface area (Å²) in [6, 6.07) is 14.0. The Bertz CT molecular complexity index is 852. The molecule has 0 fully saturated rings. The van der Waals surface area contributed by atoms with Gasteiger partial charge in [0.2, 0.25) is 0 Å². The third-order valence-corrected chi connectivity index (χ3v) is 4.82. The smallest absolute Gasteiger partial charge is 0.191 e. The van der Waals surface area contributed by atoms with E-state index in [4.69, 9.17) is 11.6 Å². The van der Waals surface area contributed by atoms with Crippen molar-refractivity contribution in [1.82, 2.24) is 20.6 Å². The molecule has 0 aliphatic heterocycles. The molecule has 0 radical (unpaired) electrons. The zero-order valence-corrected chi connectivity index (χ0v) is 18.8. The number of thiazole rings is 1. The van der Waals surface area contributed by atoms with E-state index < -0.39 is 0 Å². The van der Waals surface area contributed by atoms with Crippen LogP contribution >= 0.6 is 46.9 Å². The van der Waals surface area contributed by atoms with Gasteiger partial charge in [-0.3, -0.25) is 4.99 Å². The molecule has 0 amide bonds. The summed E-state index contributed by atoms with van der Waals surface area (Å²) in [5, 5.41) is 10.2. The molecule has 0 saturated carbocycles. The van der Waals surface area contributed by atoms with Crippen molar-refractivity contribution in [2.24, 2.45) is 4.99 Å². The fourth-order valence-electron chi connectivity index (χ4n) is 2.39. The van der Waals surface area contributed by atoms with E-state index in [2.05, 4.69) is 43.1 Å². The van der Waals surface area contributed by atoms with Gasteiger partial charge in [0.25, 0.3) is 0 Å². The highest BCUT2D eigenvalue weighted by Crippen LogP contribution is 2.21. The summed E-state index contributed by atoms with van der Waals surface area (Å²) in [5.41, 5.74) is 3.27. The Kier molecular flexibility index (Phi) is 8.96. The summed E-state index contributed by atoms with van der Waals surface area (Å²) in [4.78, 5) is 13.0. The van der Waals surface area contributed by atoms with Crippen molar-refractivity contribution in [2.75, 3.05) is 13.6 Å². The van der Waals surface area contributed by atoms with E-state index in [1.54, 1.807) is 30.6 Å². The Morgan fingerprint density at radius 2 is 1.96 bits per heavy atom. The van der Waals surface area contributed by atoms with Gasteiger partial charge in [0.05, 0.1) is 12.2 Å². The minimum Gasteiger partial charge on any atom is -0.356 e. The highest BCUT2D eigenvalue weighted by Gasteiger charge is 2.05. The molecule has 0 aliphatic carbocycles. The number of pyridine rings is 1. The molecule has 27 heavy (non-hydrogen) atoms. The van der Waals surface area contributed by atoms with Gasteiger partial charge < -0.3 is 10.6 Å². The SMILES string of the molecule is CN=C(NCCc1ccc(Cl)nc1)NCc1nc(-c2ccccc2)cs1.I. The lowest BCUT2D eigenvalue weighted by Gasteiger charge is -2.10. The van der Waals surface area contributed by atoms with Gasteiger partial charge in [-0.2, -0.15) is 0 Å². The number of benzene rings is 1. The second kappa shape index (κ2) is 11.2. The predicted octanol–water partition coefficient (Wildman–Crippen LogP) is 4.38. The topological polar surface area (TPSA) is 62.2 Å². The van der Waals surface area contributed by atoms with Crippen LogP contribution in [0.25, 0.3) is 11.3 Å². The van der Waals surface area contributed by atoms with Gasteiger partial charge >= 0.3 is 0 Å². The standard InChI is InChI=1S/C19H20ClN5S.HI/c1-21-19(22-10-9-14-7-8-17(20)23-11-14)24-12-18-25-16(13-26-18)15-5-3-2-4-6-15;/h2-8,11,13H,9-10,12H2,1H3,(H2,21,22,24);1H. The number of aromatic nitrogens is 2. The average molecular weight is 514 g/mol. The molecule has 3 aromatic rings. The van der Waals surface area contributed by atoms with Gasteiger partial charge in [0, 0.05) is 30.7 Å². The van der Waals surface area contributed by atoms with E-state index in [1.807, 2.05) is 24.3 Å². The molecule has 3 rings (SSSR count). The Balaban J connectivity index is 0.00000261. The van der Waals surface area contributed by atoms with Gasteiger partial charge in [-0.25, -0.2) is 9.97 Å². The van der Waals surface area contributed by atoms with Crippen LogP contribution in [0.15, 0.2) is 59.0 Å². The van der Waals surface area contributed by atoms with Crippen molar-refractivity contribution in [1.29, 1.82) is 0 Å². The number of halogens is 2. The fourth-order valence-corrected chi connectivity index (χ4v) is 3.25. The molecule has 0 atom stereocenters. The predicted molar refractivity (Wildman–Crippen MR) is 124 cm³/mol. The van der Waals surface area contributed by atoms with Crippen molar-refractivity contribution in [3.05, 3.63) is 69.8 Å². The van der Waals surface area contributed by atoms with E-state index in [0.717, 1.165) is 40.8 Å². The van der Waals surface area contributed by atoms with Crippen LogP contribution < -0.4 is 10.6 Å². The van der Waals surface area contributed by atoms with Crippen LogP contribution in [0.2, 0.25) is 5.15 Å². The molecule has 1 aromatic carbocycles. The number of nitrogens with one attached hydrogen (secondary N) is 2. The Morgan fingerprint density at radius 3 is 2.67 bits per heavy atom. The first-order valence-electron chi connectivity index (χ1n) is 8.29. The number of hydrogen-bond acceptors (Lipinski definition) is 4. The molecule has 2 aromatic heterocycles.